The molecule has 0 aliphatic carbocycles. The van der Waals surface area contributed by atoms with E-state index in [4.69, 9.17) is 10.00 Å². The summed E-state index contributed by atoms with van der Waals surface area (Å²) in [4.78, 5) is 4.02. The third-order valence-electron chi connectivity index (χ3n) is 3.59. The Hall–Kier alpha value is -2.12. The summed E-state index contributed by atoms with van der Waals surface area (Å²) in [5.74, 6) is 0.982. The molecular weight excluding hydrogens is 328 g/mol. The van der Waals surface area contributed by atoms with Crippen molar-refractivity contribution in [1.29, 1.82) is 5.26 Å². The van der Waals surface area contributed by atoms with Gasteiger partial charge in [0.2, 0.25) is 6.19 Å². The fraction of sp³-hybridized carbons (Fsp3) is 0.176. The van der Waals surface area contributed by atoms with Crippen molar-refractivity contribution < 1.29 is 4.74 Å². The normalized spacial score (nSPS) is 19.2. The molecular formula is C17H13BrN2O. The lowest BCUT2D eigenvalue weighted by Gasteiger charge is -2.14. The maximum Gasteiger partial charge on any atom is 0.205 e. The topological polar surface area (TPSA) is 45.4 Å². The first-order valence-corrected chi connectivity index (χ1v) is 7.50. The molecule has 4 heteroatoms. The molecule has 0 spiro atoms. The smallest absolute Gasteiger partial charge is 0.205 e. The first-order chi connectivity index (χ1) is 10.3. The zero-order valence-electron chi connectivity index (χ0n) is 11.3. The van der Waals surface area contributed by atoms with E-state index in [9.17, 15) is 0 Å². The molecule has 1 atom stereocenters. The molecule has 0 radical (unpaired) electrons. The van der Waals surface area contributed by atoms with E-state index in [1.807, 2.05) is 42.6 Å². The molecule has 1 heterocycles. The highest BCUT2D eigenvalue weighted by molar-refractivity contribution is 9.10. The number of benzene rings is 2. The highest BCUT2D eigenvalue weighted by Gasteiger charge is 2.23. The molecule has 2 aromatic rings. The van der Waals surface area contributed by atoms with Crippen molar-refractivity contribution in [2.45, 2.75) is 12.3 Å². The zero-order valence-corrected chi connectivity index (χ0v) is 12.9. The average Bonchev–Trinajstić information content (AvgIpc) is 2.69. The van der Waals surface area contributed by atoms with Crippen LogP contribution in [0.3, 0.4) is 0 Å². The number of ether oxygens (including phenoxy) is 1. The van der Waals surface area contributed by atoms with E-state index in [0.717, 1.165) is 21.5 Å². The van der Waals surface area contributed by atoms with Gasteiger partial charge in [0.05, 0.1) is 12.3 Å². The van der Waals surface area contributed by atoms with Crippen molar-refractivity contribution in [1.82, 2.24) is 0 Å². The average molecular weight is 341 g/mol. The molecule has 3 rings (SSSR count). The Kier molecular flexibility index (Phi) is 4.03. The summed E-state index contributed by atoms with van der Waals surface area (Å²) < 4.78 is 6.89. The molecule has 0 saturated carbocycles. The van der Waals surface area contributed by atoms with Crippen molar-refractivity contribution in [3.63, 3.8) is 0 Å². The third kappa shape index (κ3) is 2.98. The van der Waals surface area contributed by atoms with Gasteiger partial charge in [-0.3, -0.25) is 0 Å². The van der Waals surface area contributed by atoms with Crippen LogP contribution in [0.4, 0.5) is 0 Å². The molecule has 1 unspecified atom stereocenters. The van der Waals surface area contributed by atoms with E-state index in [0.29, 0.717) is 13.0 Å². The minimum Gasteiger partial charge on any atom is -0.492 e. The van der Waals surface area contributed by atoms with Gasteiger partial charge in [-0.2, -0.15) is 10.3 Å². The van der Waals surface area contributed by atoms with Crippen LogP contribution in [0, 0.1) is 11.5 Å². The molecule has 0 aromatic heterocycles. The molecule has 0 amide bonds. The first-order valence-electron chi connectivity index (χ1n) is 6.71. The van der Waals surface area contributed by atoms with E-state index >= 15 is 0 Å². The minimum atomic E-state index is 0.199. The van der Waals surface area contributed by atoms with Crippen LogP contribution in [0.15, 0.2) is 58.0 Å². The lowest BCUT2D eigenvalue weighted by atomic mass is 9.92. The zero-order chi connectivity index (χ0) is 14.7. The summed E-state index contributed by atoms with van der Waals surface area (Å²) in [6.45, 7) is 0.586. The standard InChI is InChI=1S/C17H13BrN2O/c18-14-6-7-17-15(9-14)16(20-11-19)8-13(10-21-17)12-4-2-1-3-5-12/h1-7,9,13H,8,10H2/b20-16+. The summed E-state index contributed by atoms with van der Waals surface area (Å²) >= 11 is 3.46. The van der Waals surface area contributed by atoms with E-state index < -0.39 is 0 Å². The Morgan fingerprint density at radius 1 is 1.19 bits per heavy atom. The third-order valence-corrected chi connectivity index (χ3v) is 4.08. The number of nitrogens with zero attached hydrogens (tertiary/aromatic N) is 2. The summed E-state index contributed by atoms with van der Waals surface area (Å²) in [5, 5.41) is 8.97. The maximum absolute atomic E-state index is 8.97. The van der Waals surface area contributed by atoms with Gasteiger partial charge in [0.25, 0.3) is 0 Å². The lowest BCUT2D eigenvalue weighted by molar-refractivity contribution is 0.295. The highest BCUT2D eigenvalue weighted by Crippen LogP contribution is 2.33. The van der Waals surface area contributed by atoms with E-state index in [2.05, 4.69) is 33.1 Å². The van der Waals surface area contributed by atoms with Crippen LogP contribution in [0.2, 0.25) is 0 Å². The van der Waals surface area contributed by atoms with Gasteiger partial charge < -0.3 is 4.74 Å². The van der Waals surface area contributed by atoms with Gasteiger partial charge >= 0.3 is 0 Å². The van der Waals surface area contributed by atoms with Crippen molar-refractivity contribution in [2.24, 2.45) is 4.99 Å². The van der Waals surface area contributed by atoms with Crippen LogP contribution >= 0.6 is 15.9 Å². The van der Waals surface area contributed by atoms with Gasteiger partial charge in [0, 0.05) is 22.4 Å². The molecule has 3 nitrogen and oxygen atoms in total. The lowest BCUT2D eigenvalue weighted by Crippen LogP contribution is -2.10. The number of aliphatic imine (C=N–C) groups is 1. The molecule has 2 aromatic carbocycles. The Morgan fingerprint density at radius 3 is 2.76 bits per heavy atom. The second-order valence-corrected chi connectivity index (χ2v) is 5.84. The minimum absolute atomic E-state index is 0.199. The van der Waals surface area contributed by atoms with Crippen LogP contribution in [0.1, 0.15) is 23.5 Å². The SMILES string of the molecule is N#C/N=C1\CC(c2ccccc2)COc2ccc(Br)cc21. The number of fused-ring (bicyclic) bond motifs is 1. The Bertz CT molecular complexity index is 719. The van der Waals surface area contributed by atoms with Crippen molar-refractivity contribution in [3.8, 4) is 11.9 Å². The number of hydrogen-bond acceptors (Lipinski definition) is 3. The summed E-state index contributed by atoms with van der Waals surface area (Å²) in [7, 11) is 0. The van der Waals surface area contributed by atoms with Gasteiger partial charge in [-0.15, -0.1) is 0 Å². The number of rotatable bonds is 1. The Balaban J connectivity index is 2.01. The summed E-state index contributed by atoms with van der Waals surface area (Å²) in [6, 6.07) is 16.0. The Labute approximate surface area is 132 Å². The van der Waals surface area contributed by atoms with Gasteiger partial charge in [0.1, 0.15) is 5.75 Å². The number of hydrogen-bond donors (Lipinski definition) is 0. The van der Waals surface area contributed by atoms with Crippen molar-refractivity contribution in [2.75, 3.05) is 6.61 Å². The van der Waals surface area contributed by atoms with Crippen LogP contribution < -0.4 is 4.74 Å². The van der Waals surface area contributed by atoms with Crippen molar-refractivity contribution in [3.05, 3.63) is 64.1 Å². The molecule has 0 bridgehead atoms. The van der Waals surface area contributed by atoms with E-state index in [1.165, 1.54) is 5.56 Å². The second-order valence-electron chi connectivity index (χ2n) is 4.92. The van der Waals surface area contributed by atoms with Crippen LogP contribution in [-0.4, -0.2) is 12.3 Å². The summed E-state index contributed by atoms with van der Waals surface area (Å²) in [6.07, 6.45) is 2.61. The predicted octanol–water partition coefficient (Wildman–Crippen LogP) is 4.29. The molecule has 1 aliphatic rings. The van der Waals surface area contributed by atoms with Gasteiger partial charge in [-0.25, -0.2) is 0 Å². The molecule has 104 valence electrons. The van der Waals surface area contributed by atoms with Crippen LogP contribution in [-0.2, 0) is 0 Å². The predicted molar refractivity (Wildman–Crippen MR) is 85.6 cm³/mol. The highest BCUT2D eigenvalue weighted by atomic mass is 79.9. The Morgan fingerprint density at radius 2 is 2.00 bits per heavy atom. The van der Waals surface area contributed by atoms with Gasteiger partial charge in [-0.05, 0) is 23.8 Å². The van der Waals surface area contributed by atoms with E-state index in [-0.39, 0.29) is 5.92 Å². The fourth-order valence-corrected chi connectivity index (χ4v) is 2.91. The summed E-state index contributed by atoms with van der Waals surface area (Å²) in [5.41, 5.74) is 2.87. The van der Waals surface area contributed by atoms with Crippen LogP contribution in [0.25, 0.3) is 0 Å². The number of nitriles is 1. The quantitative estimate of drug-likeness (QED) is 0.727. The van der Waals surface area contributed by atoms with Gasteiger partial charge in [0.15, 0.2) is 0 Å². The van der Waals surface area contributed by atoms with Gasteiger partial charge in [-0.1, -0.05) is 46.3 Å². The first kappa shape index (κ1) is 13.8. The van der Waals surface area contributed by atoms with E-state index in [1.54, 1.807) is 0 Å². The maximum atomic E-state index is 8.97. The fourth-order valence-electron chi connectivity index (χ4n) is 2.55. The molecule has 0 fully saturated rings. The second kappa shape index (κ2) is 6.11. The number of halogens is 1. The van der Waals surface area contributed by atoms with Crippen LogP contribution in [0.5, 0.6) is 5.75 Å². The molecule has 21 heavy (non-hydrogen) atoms. The largest absolute Gasteiger partial charge is 0.492 e. The molecule has 1 aliphatic heterocycles. The molecule has 0 saturated heterocycles. The molecule has 0 N–H and O–H groups in total. The monoisotopic (exact) mass is 340 g/mol. The van der Waals surface area contributed by atoms with Crippen molar-refractivity contribution >= 4 is 21.6 Å².